The summed E-state index contributed by atoms with van der Waals surface area (Å²) in [4.78, 5) is 10.7. The van der Waals surface area contributed by atoms with Crippen LogP contribution in [0.4, 0.5) is 8.78 Å². The van der Waals surface area contributed by atoms with Gasteiger partial charge in [0.1, 0.15) is 11.5 Å². The van der Waals surface area contributed by atoms with E-state index < -0.39 is 11.9 Å². The zero-order valence-corrected chi connectivity index (χ0v) is 7.33. The number of hydrogen-bond donors (Lipinski definition) is 1. The van der Waals surface area contributed by atoms with E-state index in [2.05, 4.69) is 4.74 Å². The highest BCUT2D eigenvalue weighted by atomic mass is 19.3. The second kappa shape index (κ2) is 3.61. The average Bonchev–Trinajstić information content (AvgIpc) is 2.07. The third-order valence-electron chi connectivity index (χ3n) is 1.41. The van der Waals surface area contributed by atoms with Crippen LogP contribution in [0.1, 0.15) is 6.92 Å². The summed E-state index contributed by atoms with van der Waals surface area (Å²) in [5.74, 6) is -5.21. The Labute approximate surface area is 78.9 Å². The van der Waals surface area contributed by atoms with Gasteiger partial charge in [-0.15, -0.1) is 0 Å². The third kappa shape index (κ3) is 2.69. The fraction of sp³-hybridized carbons (Fsp3) is 0.222. The van der Waals surface area contributed by atoms with Crippen LogP contribution in [-0.4, -0.2) is 17.0 Å². The van der Waals surface area contributed by atoms with E-state index >= 15 is 0 Å². The zero-order valence-electron chi connectivity index (χ0n) is 7.33. The molecule has 0 bridgehead atoms. The molecule has 0 aliphatic heterocycles. The summed E-state index contributed by atoms with van der Waals surface area (Å²) in [7, 11) is 0. The summed E-state index contributed by atoms with van der Waals surface area (Å²) >= 11 is 0. The van der Waals surface area contributed by atoms with Crippen molar-refractivity contribution in [2.24, 2.45) is 0 Å². The summed E-state index contributed by atoms with van der Waals surface area (Å²) in [5.41, 5.74) is 0. The molecule has 1 N–H and O–H groups in total. The van der Waals surface area contributed by atoms with Crippen LogP contribution < -0.4 is 4.74 Å². The fourth-order valence-corrected chi connectivity index (χ4v) is 0.711. The Morgan fingerprint density at radius 1 is 1.36 bits per heavy atom. The molecule has 0 heterocycles. The van der Waals surface area contributed by atoms with E-state index in [-0.39, 0.29) is 11.5 Å². The van der Waals surface area contributed by atoms with Crippen molar-refractivity contribution in [3.63, 3.8) is 0 Å². The van der Waals surface area contributed by atoms with Crippen molar-refractivity contribution in [1.82, 2.24) is 0 Å². The minimum Gasteiger partial charge on any atom is -0.508 e. The van der Waals surface area contributed by atoms with E-state index in [4.69, 9.17) is 5.11 Å². The quantitative estimate of drug-likeness (QED) is 0.589. The van der Waals surface area contributed by atoms with Crippen LogP contribution in [0, 0.1) is 0 Å². The molecule has 76 valence electrons. The molecule has 1 rings (SSSR count). The Morgan fingerprint density at radius 2 is 1.86 bits per heavy atom. The Balaban J connectivity index is 2.71. The lowest BCUT2D eigenvalue weighted by Crippen LogP contribution is -2.29. The van der Waals surface area contributed by atoms with Crippen LogP contribution in [0.2, 0.25) is 0 Å². The van der Waals surface area contributed by atoms with E-state index in [0.717, 1.165) is 0 Å². The molecule has 14 heavy (non-hydrogen) atoms. The molecule has 1 aromatic carbocycles. The van der Waals surface area contributed by atoms with Gasteiger partial charge in [-0.05, 0) is 24.3 Å². The fourth-order valence-electron chi connectivity index (χ4n) is 0.711. The number of esters is 1. The van der Waals surface area contributed by atoms with Crippen LogP contribution in [0.15, 0.2) is 24.3 Å². The number of ether oxygens (including phenoxy) is 1. The Kier molecular flexibility index (Phi) is 2.69. The van der Waals surface area contributed by atoms with Gasteiger partial charge in [-0.25, -0.2) is 4.79 Å². The molecule has 0 unspecified atom stereocenters. The maximum absolute atomic E-state index is 12.4. The topological polar surface area (TPSA) is 46.5 Å². The number of alkyl halides is 2. The SMILES string of the molecule is CC(F)(F)C(=O)Oc1ccc(O)cc1. The largest absolute Gasteiger partial charge is 0.508 e. The highest BCUT2D eigenvalue weighted by Crippen LogP contribution is 2.20. The highest BCUT2D eigenvalue weighted by Gasteiger charge is 2.34. The first-order valence-electron chi connectivity index (χ1n) is 3.79. The second-order valence-electron chi connectivity index (χ2n) is 2.77. The van der Waals surface area contributed by atoms with Crippen molar-refractivity contribution >= 4 is 5.97 Å². The lowest BCUT2D eigenvalue weighted by atomic mass is 10.3. The molecule has 0 spiro atoms. The Hall–Kier alpha value is -1.65. The van der Waals surface area contributed by atoms with E-state index in [9.17, 15) is 13.6 Å². The number of aromatic hydroxyl groups is 1. The van der Waals surface area contributed by atoms with Gasteiger partial charge in [0.15, 0.2) is 0 Å². The summed E-state index contributed by atoms with van der Waals surface area (Å²) in [6.07, 6.45) is 0. The van der Waals surface area contributed by atoms with Crippen LogP contribution in [-0.2, 0) is 4.79 Å². The van der Waals surface area contributed by atoms with Gasteiger partial charge in [-0.1, -0.05) is 0 Å². The monoisotopic (exact) mass is 202 g/mol. The van der Waals surface area contributed by atoms with Gasteiger partial charge in [0.2, 0.25) is 0 Å². The predicted octanol–water partition coefficient (Wildman–Crippen LogP) is 1.95. The normalized spacial score (nSPS) is 11.1. The summed E-state index contributed by atoms with van der Waals surface area (Å²) in [5, 5.41) is 8.86. The molecular formula is C9H8F2O3. The van der Waals surface area contributed by atoms with E-state index in [0.29, 0.717) is 6.92 Å². The lowest BCUT2D eigenvalue weighted by Gasteiger charge is -2.09. The number of benzene rings is 1. The highest BCUT2D eigenvalue weighted by molar-refractivity contribution is 5.79. The average molecular weight is 202 g/mol. The van der Waals surface area contributed by atoms with Gasteiger partial charge in [-0.2, -0.15) is 8.78 Å². The first-order chi connectivity index (χ1) is 6.39. The summed E-state index contributed by atoms with van der Waals surface area (Å²) in [6.45, 7) is 0.454. The first-order valence-corrected chi connectivity index (χ1v) is 3.79. The zero-order chi connectivity index (χ0) is 10.8. The number of carbonyl (C=O) groups excluding carboxylic acids is 1. The molecule has 0 aliphatic rings. The van der Waals surface area contributed by atoms with Crippen molar-refractivity contribution in [1.29, 1.82) is 0 Å². The number of halogens is 2. The van der Waals surface area contributed by atoms with Crippen molar-refractivity contribution in [3.05, 3.63) is 24.3 Å². The van der Waals surface area contributed by atoms with Crippen LogP contribution >= 0.6 is 0 Å². The van der Waals surface area contributed by atoms with Crippen LogP contribution in [0.3, 0.4) is 0 Å². The second-order valence-corrected chi connectivity index (χ2v) is 2.77. The number of hydrogen-bond acceptors (Lipinski definition) is 3. The summed E-state index contributed by atoms with van der Waals surface area (Å²) in [6, 6.07) is 4.91. The van der Waals surface area contributed by atoms with Crippen molar-refractivity contribution in [2.45, 2.75) is 12.8 Å². The number of rotatable bonds is 2. The molecule has 0 saturated carbocycles. The van der Waals surface area contributed by atoms with Gasteiger partial charge < -0.3 is 9.84 Å². The maximum atomic E-state index is 12.4. The van der Waals surface area contributed by atoms with Crippen LogP contribution in [0.25, 0.3) is 0 Å². The minimum absolute atomic E-state index is 0.0330. The van der Waals surface area contributed by atoms with Gasteiger partial charge in [0.05, 0.1) is 0 Å². The molecule has 0 aromatic heterocycles. The molecule has 0 radical (unpaired) electrons. The number of carbonyl (C=O) groups is 1. The maximum Gasteiger partial charge on any atom is 0.382 e. The van der Waals surface area contributed by atoms with E-state index in [1.54, 1.807) is 0 Å². The molecule has 0 amide bonds. The lowest BCUT2D eigenvalue weighted by molar-refractivity contribution is -0.158. The van der Waals surface area contributed by atoms with Gasteiger partial charge in [0.25, 0.3) is 0 Å². The number of phenolic OH excluding ortho intramolecular Hbond substituents is 1. The molecule has 1 aromatic rings. The molecule has 0 aliphatic carbocycles. The van der Waals surface area contributed by atoms with E-state index in [1.807, 2.05) is 0 Å². The molecule has 3 nitrogen and oxygen atoms in total. The van der Waals surface area contributed by atoms with Crippen molar-refractivity contribution in [2.75, 3.05) is 0 Å². The summed E-state index contributed by atoms with van der Waals surface area (Å²) < 4.78 is 29.0. The molecule has 5 heteroatoms. The first kappa shape index (κ1) is 10.4. The smallest absolute Gasteiger partial charge is 0.382 e. The van der Waals surface area contributed by atoms with Crippen LogP contribution in [0.5, 0.6) is 11.5 Å². The molecule has 0 fully saturated rings. The van der Waals surface area contributed by atoms with Crippen molar-refractivity contribution < 1.29 is 23.4 Å². The van der Waals surface area contributed by atoms with Gasteiger partial charge >= 0.3 is 11.9 Å². The van der Waals surface area contributed by atoms with Gasteiger partial charge in [0, 0.05) is 6.92 Å². The Morgan fingerprint density at radius 3 is 2.29 bits per heavy atom. The Bertz CT molecular complexity index is 327. The molecule has 0 saturated heterocycles. The third-order valence-corrected chi connectivity index (χ3v) is 1.41. The van der Waals surface area contributed by atoms with Gasteiger partial charge in [-0.3, -0.25) is 0 Å². The predicted molar refractivity (Wildman–Crippen MR) is 44.4 cm³/mol. The minimum atomic E-state index is -3.52. The van der Waals surface area contributed by atoms with Crippen molar-refractivity contribution in [3.8, 4) is 11.5 Å². The number of phenols is 1. The molecule has 0 atom stereocenters. The molecular weight excluding hydrogens is 194 g/mol. The van der Waals surface area contributed by atoms with E-state index in [1.165, 1.54) is 24.3 Å². The standard InChI is InChI=1S/C9H8F2O3/c1-9(10,11)8(13)14-7-4-2-6(12)3-5-7/h2-5,12H,1H3.